The Morgan fingerprint density at radius 3 is 2.36 bits per heavy atom. The summed E-state index contributed by atoms with van der Waals surface area (Å²) in [6.07, 6.45) is 6.31. The zero-order chi connectivity index (χ0) is 17.6. The molecule has 1 amide bonds. The minimum atomic E-state index is -0.441. The van der Waals surface area contributed by atoms with Crippen molar-refractivity contribution in [2.24, 2.45) is 0 Å². The number of amides is 1. The van der Waals surface area contributed by atoms with Gasteiger partial charge in [-0.05, 0) is 29.8 Å². The number of rotatable bonds is 5. The number of aromatic nitrogens is 3. The Kier molecular flexibility index (Phi) is 5.42. The summed E-state index contributed by atoms with van der Waals surface area (Å²) in [5.41, 5.74) is 1.56. The highest BCUT2D eigenvalue weighted by molar-refractivity contribution is 6.39. The van der Waals surface area contributed by atoms with Gasteiger partial charge in [-0.2, -0.15) is 0 Å². The molecule has 2 heterocycles. The molecule has 2 aromatic heterocycles. The number of nitrogens with zero attached hydrogens (tertiary/aromatic N) is 3. The monoisotopic (exact) mass is 373 g/mol. The maximum Gasteiger partial charge on any atom is 0.275 e. The van der Waals surface area contributed by atoms with E-state index < -0.39 is 5.91 Å². The van der Waals surface area contributed by atoms with Gasteiger partial charge in [-0.3, -0.25) is 9.78 Å². The van der Waals surface area contributed by atoms with E-state index in [2.05, 4.69) is 25.6 Å². The molecule has 0 spiro atoms. The minimum absolute atomic E-state index is 0.158. The average molecular weight is 374 g/mol. The van der Waals surface area contributed by atoms with Crippen molar-refractivity contribution in [1.29, 1.82) is 0 Å². The molecule has 0 bridgehead atoms. The number of nitrogens with one attached hydrogen (secondary N) is 2. The first-order valence-electron chi connectivity index (χ1n) is 7.33. The fourth-order valence-corrected chi connectivity index (χ4v) is 2.52. The molecule has 8 heteroatoms. The summed E-state index contributed by atoms with van der Waals surface area (Å²) in [7, 11) is 0. The molecule has 0 atom stereocenters. The Bertz CT molecular complexity index is 852. The largest absolute Gasteiger partial charge is 0.365 e. The van der Waals surface area contributed by atoms with Gasteiger partial charge in [0.1, 0.15) is 11.5 Å². The van der Waals surface area contributed by atoms with Gasteiger partial charge >= 0.3 is 0 Å². The average Bonchev–Trinajstić information content (AvgIpc) is 2.64. The van der Waals surface area contributed by atoms with Gasteiger partial charge in [-0.25, -0.2) is 9.97 Å². The zero-order valence-electron chi connectivity index (χ0n) is 12.9. The number of anilines is 2. The van der Waals surface area contributed by atoms with Gasteiger partial charge < -0.3 is 10.6 Å². The third-order valence-corrected chi connectivity index (χ3v) is 3.94. The van der Waals surface area contributed by atoms with Crippen LogP contribution in [0.25, 0.3) is 0 Å². The van der Waals surface area contributed by atoms with Crippen molar-refractivity contribution in [3.8, 4) is 0 Å². The summed E-state index contributed by atoms with van der Waals surface area (Å²) >= 11 is 12.1. The molecule has 0 aliphatic heterocycles. The van der Waals surface area contributed by atoms with E-state index in [0.29, 0.717) is 28.1 Å². The van der Waals surface area contributed by atoms with E-state index in [9.17, 15) is 4.79 Å². The molecule has 6 nitrogen and oxygen atoms in total. The molecule has 2 N–H and O–H groups in total. The van der Waals surface area contributed by atoms with Crippen molar-refractivity contribution in [2.45, 2.75) is 6.54 Å². The van der Waals surface area contributed by atoms with E-state index in [0.717, 1.165) is 5.56 Å². The fourth-order valence-electron chi connectivity index (χ4n) is 2.02. The predicted molar refractivity (Wildman–Crippen MR) is 98.0 cm³/mol. The number of halogens is 2. The van der Waals surface area contributed by atoms with Crippen molar-refractivity contribution in [2.75, 3.05) is 10.6 Å². The van der Waals surface area contributed by atoms with Gasteiger partial charge in [-0.1, -0.05) is 29.3 Å². The molecule has 25 heavy (non-hydrogen) atoms. The van der Waals surface area contributed by atoms with Crippen LogP contribution in [0, 0.1) is 0 Å². The molecule has 0 saturated carbocycles. The zero-order valence-corrected chi connectivity index (χ0v) is 14.4. The number of benzene rings is 1. The summed E-state index contributed by atoms with van der Waals surface area (Å²) in [4.78, 5) is 24.5. The van der Waals surface area contributed by atoms with Crippen LogP contribution in [0.1, 0.15) is 16.1 Å². The lowest BCUT2D eigenvalue weighted by Crippen LogP contribution is -2.15. The number of carbonyl (C=O) groups excluding carboxylic acids is 1. The molecule has 0 radical (unpaired) electrons. The normalized spacial score (nSPS) is 10.3. The van der Waals surface area contributed by atoms with Crippen LogP contribution in [0.4, 0.5) is 11.5 Å². The van der Waals surface area contributed by atoms with Crippen LogP contribution in [0.3, 0.4) is 0 Å². The molecule has 0 aliphatic carbocycles. The van der Waals surface area contributed by atoms with Gasteiger partial charge in [0.2, 0.25) is 0 Å². The van der Waals surface area contributed by atoms with E-state index in [1.807, 2.05) is 12.1 Å². The first-order chi connectivity index (χ1) is 12.1. The standard InChI is InChI=1S/C17H13Cl2N5O/c18-12-2-1-3-13(19)16(12)24-17(25)14-9-23-15(10-21-14)22-8-11-4-6-20-7-5-11/h1-7,9-10H,8H2,(H,22,23)(H,24,25). The third-order valence-electron chi connectivity index (χ3n) is 3.31. The van der Waals surface area contributed by atoms with Crippen LogP contribution in [-0.4, -0.2) is 20.9 Å². The Morgan fingerprint density at radius 1 is 1.00 bits per heavy atom. The van der Waals surface area contributed by atoms with Gasteiger partial charge in [-0.15, -0.1) is 0 Å². The smallest absolute Gasteiger partial charge is 0.275 e. The fraction of sp³-hybridized carbons (Fsp3) is 0.0588. The lowest BCUT2D eigenvalue weighted by atomic mass is 10.3. The van der Waals surface area contributed by atoms with Gasteiger partial charge in [0.15, 0.2) is 0 Å². The summed E-state index contributed by atoms with van der Waals surface area (Å²) in [5, 5.41) is 6.46. The first kappa shape index (κ1) is 17.1. The van der Waals surface area contributed by atoms with Crippen LogP contribution in [-0.2, 0) is 6.54 Å². The maximum atomic E-state index is 12.3. The lowest BCUT2D eigenvalue weighted by molar-refractivity contribution is 0.102. The highest BCUT2D eigenvalue weighted by Crippen LogP contribution is 2.30. The summed E-state index contributed by atoms with van der Waals surface area (Å²) < 4.78 is 0. The molecule has 0 unspecified atom stereocenters. The first-order valence-corrected chi connectivity index (χ1v) is 8.09. The van der Waals surface area contributed by atoms with Crippen molar-refractivity contribution < 1.29 is 4.79 Å². The Morgan fingerprint density at radius 2 is 1.72 bits per heavy atom. The van der Waals surface area contributed by atoms with Gasteiger partial charge in [0.05, 0.1) is 28.1 Å². The molecule has 0 saturated heterocycles. The third kappa shape index (κ3) is 4.43. The van der Waals surface area contributed by atoms with Crippen molar-refractivity contribution in [3.63, 3.8) is 0 Å². The Hall–Kier alpha value is -2.70. The minimum Gasteiger partial charge on any atom is -0.365 e. The van der Waals surface area contributed by atoms with Crippen LogP contribution in [0.15, 0.2) is 55.1 Å². The maximum absolute atomic E-state index is 12.3. The van der Waals surface area contributed by atoms with Gasteiger partial charge in [0.25, 0.3) is 5.91 Å². The van der Waals surface area contributed by atoms with Crippen LogP contribution in [0.2, 0.25) is 10.0 Å². The van der Waals surface area contributed by atoms with Crippen molar-refractivity contribution in [1.82, 2.24) is 15.0 Å². The topological polar surface area (TPSA) is 79.8 Å². The molecule has 0 aliphatic rings. The molecule has 0 fully saturated rings. The molecule has 3 rings (SSSR count). The summed E-state index contributed by atoms with van der Waals surface area (Å²) in [5.74, 6) is 0.118. The molecule has 3 aromatic rings. The molecular formula is C17H13Cl2N5O. The van der Waals surface area contributed by atoms with E-state index in [1.54, 1.807) is 30.6 Å². The SMILES string of the molecule is O=C(Nc1c(Cl)cccc1Cl)c1cnc(NCc2ccncc2)cn1. The van der Waals surface area contributed by atoms with Crippen LogP contribution >= 0.6 is 23.2 Å². The van der Waals surface area contributed by atoms with E-state index in [4.69, 9.17) is 23.2 Å². The summed E-state index contributed by atoms with van der Waals surface area (Å²) in [6, 6.07) is 8.77. The lowest BCUT2D eigenvalue weighted by Gasteiger charge is -2.09. The number of carbonyl (C=O) groups is 1. The second kappa shape index (κ2) is 7.92. The van der Waals surface area contributed by atoms with Crippen molar-refractivity contribution in [3.05, 3.63) is 76.4 Å². The molecule has 1 aromatic carbocycles. The van der Waals surface area contributed by atoms with E-state index in [1.165, 1.54) is 12.4 Å². The Balaban J connectivity index is 1.64. The quantitative estimate of drug-likeness (QED) is 0.705. The molecule has 126 valence electrons. The van der Waals surface area contributed by atoms with Crippen molar-refractivity contribution >= 4 is 40.6 Å². The van der Waals surface area contributed by atoms with E-state index in [-0.39, 0.29) is 5.69 Å². The Labute approximate surface area is 154 Å². The highest BCUT2D eigenvalue weighted by Gasteiger charge is 2.13. The van der Waals surface area contributed by atoms with Crippen LogP contribution in [0.5, 0.6) is 0 Å². The van der Waals surface area contributed by atoms with E-state index >= 15 is 0 Å². The number of hydrogen-bond acceptors (Lipinski definition) is 5. The second-order valence-electron chi connectivity index (χ2n) is 5.05. The van der Waals surface area contributed by atoms with Gasteiger partial charge in [0, 0.05) is 18.9 Å². The number of pyridine rings is 1. The molecular weight excluding hydrogens is 361 g/mol. The van der Waals surface area contributed by atoms with Crippen LogP contribution < -0.4 is 10.6 Å². The predicted octanol–water partition coefficient (Wildman–Crippen LogP) is 4.04. The highest BCUT2D eigenvalue weighted by atomic mass is 35.5. The second-order valence-corrected chi connectivity index (χ2v) is 5.86. The summed E-state index contributed by atoms with van der Waals surface area (Å²) in [6.45, 7) is 0.581. The number of hydrogen-bond donors (Lipinski definition) is 2. The number of para-hydroxylation sites is 1.